The van der Waals surface area contributed by atoms with Gasteiger partial charge in [0, 0.05) is 37.7 Å². The lowest BCUT2D eigenvalue weighted by Crippen LogP contribution is -2.44. The van der Waals surface area contributed by atoms with Gasteiger partial charge in [-0.25, -0.2) is 0 Å². The van der Waals surface area contributed by atoms with E-state index in [9.17, 15) is 4.79 Å². The molecule has 3 N–H and O–H groups in total. The molecule has 0 unspecified atom stereocenters. The number of carbonyl (C=O) groups excluding carboxylic acids is 1. The van der Waals surface area contributed by atoms with Crippen LogP contribution in [0.1, 0.15) is 34.3 Å². The van der Waals surface area contributed by atoms with Crippen molar-refractivity contribution >= 4 is 35.8 Å². The van der Waals surface area contributed by atoms with Crippen LogP contribution < -0.4 is 16.0 Å². The molecular weight excluding hydrogens is 463 g/mol. The van der Waals surface area contributed by atoms with E-state index < -0.39 is 0 Å². The van der Waals surface area contributed by atoms with E-state index in [0.29, 0.717) is 18.7 Å². The van der Waals surface area contributed by atoms with Crippen molar-refractivity contribution in [1.29, 1.82) is 0 Å². The van der Waals surface area contributed by atoms with Crippen molar-refractivity contribution < 1.29 is 4.79 Å². The highest BCUT2D eigenvalue weighted by atomic mass is 127. The van der Waals surface area contributed by atoms with Crippen LogP contribution in [-0.4, -0.2) is 38.5 Å². The van der Waals surface area contributed by atoms with Crippen LogP contribution in [0.4, 0.5) is 0 Å². The van der Waals surface area contributed by atoms with Crippen LogP contribution in [0.25, 0.3) is 0 Å². The number of aliphatic imine (C=N–C) groups is 1. The van der Waals surface area contributed by atoms with Gasteiger partial charge in [-0.15, -0.1) is 24.0 Å². The van der Waals surface area contributed by atoms with E-state index in [-0.39, 0.29) is 35.3 Å². The van der Waals surface area contributed by atoms with Gasteiger partial charge < -0.3 is 16.0 Å². The average Bonchev–Trinajstić information content (AvgIpc) is 3.49. The molecule has 0 atom stereocenters. The summed E-state index contributed by atoms with van der Waals surface area (Å²) in [5.74, 6) is 0.714. The maximum atomic E-state index is 12.1. The van der Waals surface area contributed by atoms with Gasteiger partial charge in [0.05, 0.1) is 0 Å². The minimum absolute atomic E-state index is 0. The zero-order valence-corrected chi connectivity index (χ0v) is 18.8. The van der Waals surface area contributed by atoms with Crippen LogP contribution in [0, 0.1) is 6.92 Å². The van der Waals surface area contributed by atoms with Crippen LogP contribution >= 0.6 is 24.0 Å². The molecule has 2 aromatic carbocycles. The Bertz CT molecular complexity index is 803. The molecule has 0 spiro atoms. The Kier molecular flexibility index (Phi) is 8.29. The van der Waals surface area contributed by atoms with E-state index in [4.69, 9.17) is 0 Å². The summed E-state index contributed by atoms with van der Waals surface area (Å²) in [6.07, 6.45) is 2.40. The number of halogens is 1. The van der Waals surface area contributed by atoms with E-state index in [1.807, 2.05) is 31.2 Å². The van der Waals surface area contributed by atoms with Gasteiger partial charge in [-0.2, -0.15) is 0 Å². The lowest BCUT2D eigenvalue weighted by atomic mass is 9.96. The summed E-state index contributed by atoms with van der Waals surface area (Å²) in [4.78, 5) is 16.4. The summed E-state index contributed by atoms with van der Waals surface area (Å²) in [6, 6.07) is 18.2. The van der Waals surface area contributed by atoms with Crippen molar-refractivity contribution in [2.24, 2.45) is 4.99 Å². The Morgan fingerprint density at radius 1 is 1.00 bits per heavy atom. The maximum Gasteiger partial charge on any atom is 0.251 e. The number of rotatable bonds is 7. The first kappa shape index (κ1) is 22.2. The summed E-state index contributed by atoms with van der Waals surface area (Å²) in [6.45, 7) is 4.01. The number of aryl methyl sites for hydroxylation is 1. The van der Waals surface area contributed by atoms with E-state index in [1.165, 1.54) is 18.4 Å². The fourth-order valence-corrected chi connectivity index (χ4v) is 3.23. The third-order valence-corrected chi connectivity index (χ3v) is 5.04. The van der Waals surface area contributed by atoms with Crippen LogP contribution in [-0.2, 0) is 5.41 Å². The molecule has 28 heavy (non-hydrogen) atoms. The Balaban J connectivity index is 0.00000280. The van der Waals surface area contributed by atoms with Crippen LogP contribution in [0.3, 0.4) is 0 Å². The molecule has 1 aliphatic carbocycles. The fourth-order valence-electron chi connectivity index (χ4n) is 3.23. The second-order valence-electron chi connectivity index (χ2n) is 7.12. The van der Waals surface area contributed by atoms with Crippen molar-refractivity contribution in [2.45, 2.75) is 25.2 Å². The van der Waals surface area contributed by atoms with Crippen LogP contribution in [0.15, 0.2) is 59.6 Å². The highest BCUT2D eigenvalue weighted by molar-refractivity contribution is 14.0. The molecule has 150 valence electrons. The monoisotopic (exact) mass is 492 g/mol. The van der Waals surface area contributed by atoms with Gasteiger partial charge in [-0.05, 0) is 37.5 Å². The molecule has 1 fully saturated rings. The largest absolute Gasteiger partial charge is 0.356 e. The number of benzene rings is 2. The molecular formula is C22H29IN4O. The molecule has 0 bridgehead atoms. The lowest BCUT2D eigenvalue weighted by Gasteiger charge is -2.19. The molecule has 2 aromatic rings. The standard InChI is InChI=1S/C22H28N4O.HI/c1-17-7-6-8-18(15-17)20(27)24-13-14-25-21(23-2)26-16-22(11-12-22)19-9-4-3-5-10-19;/h3-10,15H,11-14,16H2,1-2H3,(H,24,27)(H2,23,25,26);1H. The molecule has 5 nitrogen and oxygen atoms in total. The predicted octanol–water partition coefficient (Wildman–Crippen LogP) is 3.24. The molecule has 0 radical (unpaired) electrons. The smallest absolute Gasteiger partial charge is 0.251 e. The fraction of sp³-hybridized carbons (Fsp3) is 0.364. The van der Waals surface area contributed by atoms with Gasteiger partial charge in [0.15, 0.2) is 5.96 Å². The van der Waals surface area contributed by atoms with Gasteiger partial charge in [-0.1, -0.05) is 48.0 Å². The second-order valence-corrected chi connectivity index (χ2v) is 7.12. The molecule has 1 aliphatic rings. The SMILES string of the molecule is CN=C(NCCNC(=O)c1cccc(C)c1)NCC1(c2ccccc2)CC1.I. The van der Waals surface area contributed by atoms with Gasteiger partial charge in [0.1, 0.15) is 0 Å². The molecule has 0 heterocycles. The van der Waals surface area contributed by atoms with Crippen LogP contribution in [0.2, 0.25) is 0 Å². The molecule has 0 saturated heterocycles. The van der Waals surface area contributed by atoms with Gasteiger partial charge >= 0.3 is 0 Å². The van der Waals surface area contributed by atoms with Gasteiger partial charge in [0.25, 0.3) is 5.91 Å². The van der Waals surface area contributed by atoms with Gasteiger partial charge in [0.2, 0.25) is 0 Å². The molecule has 1 amide bonds. The lowest BCUT2D eigenvalue weighted by molar-refractivity contribution is 0.0954. The maximum absolute atomic E-state index is 12.1. The topological polar surface area (TPSA) is 65.5 Å². The number of guanidine groups is 1. The first-order chi connectivity index (χ1) is 13.1. The molecule has 0 aliphatic heterocycles. The molecule has 6 heteroatoms. The number of amides is 1. The Labute approximate surface area is 184 Å². The minimum Gasteiger partial charge on any atom is -0.356 e. The van der Waals surface area contributed by atoms with E-state index in [0.717, 1.165) is 18.1 Å². The quantitative estimate of drug-likeness (QED) is 0.241. The van der Waals surface area contributed by atoms with Crippen molar-refractivity contribution in [3.05, 3.63) is 71.3 Å². The highest BCUT2D eigenvalue weighted by Crippen LogP contribution is 2.47. The first-order valence-electron chi connectivity index (χ1n) is 9.48. The number of nitrogens with one attached hydrogen (secondary N) is 3. The van der Waals surface area contributed by atoms with Crippen LogP contribution in [0.5, 0.6) is 0 Å². The van der Waals surface area contributed by atoms with Crippen molar-refractivity contribution in [3.63, 3.8) is 0 Å². The molecule has 0 aromatic heterocycles. The number of hydrogen-bond acceptors (Lipinski definition) is 2. The third kappa shape index (κ3) is 5.95. The third-order valence-electron chi connectivity index (χ3n) is 5.04. The average molecular weight is 492 g/mol. The summed E-state index contributed by atoms with van der Waals surface area (Å²) >= 11 is 0. The summed E-state index contributed by atoms with van der Waals surface area (Å²) in [5, 5.41) is 9.62. The summed E-state index contributed by atoms with van der Waals surface area (Å²) < 4.78 is 0. The Morgan fingerprint density at radius 2 is 1.71 bits per heavy atom. The van der Waals surface area contributed by atoms with Crippen molar-refractivity contribution in [1.82, 2.24) is 16.0 Å². The Hall–Kier alpha value is -2.09. The Morgan fingerprint density at radius 3 is 2.36 bits per heavy atom. The van der Waals surface area contributed by atoms with Crippen molar-refractivity contribution in [3.8, 4) is 0 Å². The summed E-state index contributed by atoms with van der Waals surface area (Å²) in [5.41, 5.74) is 3.39. The van der Waals surface area contributed by atoms with Crippen molar-refractivity contribution in [2.75, 3.05) is 26.7 Å². The zero-order chi connectivity index (χ0) is 19.1. The summed E-state index contributed by atoms with van der Waals surface area (Å²) in [7, 11) is 1.77. The van der Waals surface area contributed by atoms with E-state index in [2.05, 4.69) is 51.3 Å². The number of nitrogens with zero attached hydrogens (tertiary/aromatic N) is 1. The molecule has 1 saturated carbocycles. The number of carbonyl (C=O) groups is 1. The number of hydrogen-bond donors (Lipinski definition) is 3. The first-order valence-corrected chi connectivity index (χ1v) is 9.48. The normalized spacial score (nSPS) is 14.6. The van der Waals surface area contributed by atoms with E-state index >= 15 is 0 Å². The zero-order valence-electron chi connectivity index (χ0n) is 16.5. The predicted molar refractivity (Wildman–Crippen MR) is 126 cm³/mol. The molecule has 3 rings (SSSR count). The second kappa shape index (κ2) is 10.5. The minimum atomic E-state index is -0.0514. The highest BCUT2D eigenvalue weighted by Gasteiger charge is 2.43. The van der Waals surface area contributed by atoms with Gasteiger partial charge in [-0.3, -0.25) is 9.79 Å². The van der Waals surface area contributed by atoms with E-state index in [1.54, 1.807) is 7.05 Å².